The van der Waals surface area contributed by atoms with Crippen LogP contribution in [-0.4, -0.2) is 20.4 Å². The molecule has 0 spiro atoms. The summed E-state index contributed by atoms with van der Waals surface area (Å²) in [5.41, 5.74) is 1.00. The minimum atomic E-state index is -0.406. The second-order valence-electron chi connectivity index (χ2n) is 4.82. The van der Waals surface area contributed by atoms with Gasteiger partial charge in [0.2, 0.25) is 5.82 Å². The molecule has 1 aromatic carbocycles. The number of rotatable bonds is 3. The van der Waals surface area contributed by atoms with Crippen LogP contribution in [0.3, 0.4) is 0 Å². The SMILES string of the molecule is Cn1c(C(=O)NCc2ccccn2)nc2ccccc2c1=O. The maximum absolute atomic E-state index is 12.3. The number of nitrogens with zero attached hydrogens (tertiary/aromatic N) is 3. The van der Waals surface area contributed by atoms with Crippen molar-refractivity contribution in [3.63, 3.8) is 0 Å². The van der Waals surface area contributed by atoms with Gasteiger partial charge in [-0.1, -0.05) is 18.2 Å². The fraction of sp³-hybridized carbons (Fsp3) is 0.125. The first kappa shape index (κ1) is 13.9. The number of carbonyl (C=O) groups is 1. The average Bonchev–Trinajstić information content (AvgIpc) is 2.57. The van der Waals surface area contributed by atoms with Crippen molar-refractivity contribution >= 4 is 16.8 Å². The van der Waals surface area contributed by atoms with Gasteiger partial charge in [-0.25, -0.2) is 4.98 Å². The molecule has 110 valence electrons. The number of fused-ring (bicyclic) bond motifs is 1. The number of amides is 1. The summed E-state index contributed by atoms with van der Waals surface area (Å²) in [5.74, 6) is -0.323. The molecule has 3 rings (SSSR count). The minimum absolute atomic E-state index is 0.0830. The molecule has 0 fully saturated rings. The number of carbonyl (C=O) groups excluding carboxylic acids is 1. The fourth-order valence-electron chi connectivity index (χ4n) is 2.17. The van der Waals surface area contributed by atoms with E-state index in [1.165, 1.54) is 11.6 Å². The first-order chi connectivity index (χ1) is 10.7. The van der Waals surface area contributed by atoms with Gasteiger partial charge in [-0.3, -0.25) is 19.1 Å². The third kappa shape index (κ3) is 2.58. The molecule has 22 heavy (non-hydrogen) atoms. The summed E-state index contributed by atoms with van der Waals surface area (Å²) in [6.07, 6.45) is 1.66. The van der Waals surface area contributed by atoms with Gasteiger partial charge in [-0.15, -0.1) is 0 Å². The van der Waals surface area contributed by atoms with Gasteiger partial charge < -0.3 is 5.32 Å². The molecule has 1 N–H and O–H groups in total. The van der Waals surface area contributed by atoms with E-state index < -0.39 is 5.91 Å². The lowest BCUT2D eigenvalue weighted by Crippen LogP contribution is -2.32. The lowest BCUT2D eigenvalue weighted by Gasteiger charge is -2.09. The molecular weight excluding hydrogens is 280 g/mol. The van der Waals surface area contributed by atoms with E-state index in [1.54, 1.807) is 36.5 Å². The Balaban J connectivity index is 1.91. The van der Waals surface area contributed by atoms with Gasteiger partial charge in [0, 0.05) is 13.2 Å². The molecule has 0 saturated heterocycles. The van der Waals surface area contributed by atoms with E-state index in [4.69, 9.17) is 0 Å². The molecule has 0 bridgehead atoms. The Morgan fingerprint density at radius 3 is 2.73 bits per heavy atom. The molecule has 0 aliphatic rings. The Morgan fingerprint density at radius 1 is 1.18 bits per heavy atom. The molecule has 0 unspecified atom stereocenters. The first-order valence-electron chi connectivity index (χ1n) is 6.80. The van der Waals surface area contributed by atoms with Gasteiger partial charge in [0.05, 0.1) is 23.1 Å². The largest absolute Gasteiger partial charge is 0.344 e. The summed E-state index contributed by atoms with van der Waals surface area (Å²) in [7, 11) is 1.54. The van der Waals surface area contributed by atoms with Crippen LogP contribution in [-0.2, 0) is 13.6 Å². The molecule has 2 heterocycles. The van der Waals surface area contributed by atoms with Gasteiger partial charge in [-0.2, -0.15) is 0 Å². The highest BCUT2D eigenvalue weighted by atomic mass is 16.2. The second kappa shape index (κ2) is 5.77. The van der Waals surface area contributed by atoms with Crippen LogP contribution in [0.2, 0.25) is 0 Å². The van der Waals surface area contributed by atoms with Gasteiger partial charge >= 0.3 is 0 Å². The van der Waals surface area contributed by atoms with Gasteiger partial charge in [0.15, 0.2) is 0 Å². The first-order valence-corrected chi connectivity index (χ1v) is 6.80. The highest BCUT2D eigenvalue weighted by molar-refractivity contribution is 5.92. The molecule has 0 radical (unpaired) electrons. The van der Waals surface area contributed by atoms with Gasteiger partial charge in [-0.05, 0) is 24.3 Å². The van der Waals surface area contributed by atoms with E-state index in [2.05, 4.69) is 15.3 Å². The molecule has 6 nitrogen and oxygen atoms in total. The van der Waals surface area contributed by atoms with Crippen LogP contribution in [0.25, 0.3) is 10.9 Å². The molecule has 0 saturated carbocycles. The summed E-state index contributed by atoms with van der Waals surface area (Å²) in [5, 5.41) is 3.22. The molecule has 6 heteroatoms. The molecular formula is C16H14N4O2. The Hall–Kier alpha value is -3.02. The van der Waals surface area contributed by atoms with Crippen molar-refractivity contribution in [1.29, 1.82) is 0 Å². The van der Waals surface area contributed by atoms with Crippen molar-refractivity contribution in [2.24, 2.45) is 7.05 Å². The molecule has 2 aromatic heterocycles. The third-order valence-electron chi connectivity index (χ3n) is 3.34. The van der Waals surface area contributed by atoms with Crippen molar-refractivity contribution in [2.45, 2.75) is 6.54 Å². The Morgan fingerprint density at radius 2 is 1.95 bits per heavy atom. The average molecular weight is 294 g/mol. The van der Waals surface area contributed by atoms with Crippen molar-refractivity contribution in [1.82, 2.24) is 19.9 Å². The molecule has 0 aliphatic heterocycles. The standard InChI is InChI=1S/C16H14N4O2/c1-20-14(15(21)18-10-11-6-4-5-9-17-11)19-13-8-3-2-7-12(13)16(20)22/h2-9H,10H2,1H3,(H,18,21). The van der Waals surface area contributed by atoms with Crippen LogP contribution in [0.5, 0.6) is 0 Å². The Labute approximate surface area is 126 Å². The monoisotopic (exact) mass is 294 g/mol. The smallest absolute Gasteiger partial charge is 0.287 e. The van der Waals surface area contributed by atoms with E-state index in [1.807, 2.05) is 12.1 Å². The second-order valence-corrected chi connectivity index (χ2v) is 4.82. The number of hydrogen-bond acceptors (Lipinski definition) is 4. The fourth-order valence-corrected chi connectivity index (χ4v) is 2.17. The number of nitrogens with one attached hydrogen (secondary N) is 1. The lowest BCUT2D eigenvalue weighted by molar-refractivity contribution is 0.0935. The Bertz CT molecular complexity index is 888. The zero-order chi connectivity index (χ0) is 15.5. The third-order valence-corrected chi connectivity index (χ3v) is 3.34. The van der Waals surface area contributed by atoms with E-state index in [-0.39, 0.29) is 17.9 Å². The molecule has 0 atom stereocenters. The maximum atomic E-state index is 12.3. The van der Waals surface area contributed by atoms with E-state index in [9.17, 15) is 9.59 Å². The Kier molecular flexibility index (Phi) is 3.65. The zero-order valence-electron chi connectivity index (χ0n) is 12.0. The van der Waals surface area contributed by atoms with Crippen molar-refractivity contribution < 1.29 is 4.79 Å². The van der Waals surface area contributed by atoms with Crippen LogP contribution in [0, 0.1) is 0 Å². The van der Waals surface area contributed by atoms with E-state index in [0.29, 0.717) is 10.9 Å². The summed E-state index contributed by atoms with van der Waals surface area (Å²) < 4.78 is 1.26. The molecule has 3 aromatic rings. The van der Waals surface area contributed by atoms with Crippen molar-refractivity contribution in [2.75, 3.05) is 0 Å². The lowest BCUT2D eigenvalue weighted by atomic mass is 10.2. The quantitative estimate of drug-likeness (QED) is 0.789. The topological polar surface area (TPSA) is 76.9 Å². The van der Waals surface area contributed by atoms with Crippen molar-refractivity contribution in [3.05, 3.63) is 70.5 Å². The number of pyridine rings is 1. The van der Waals surface area contributed by atoms with Crippen LogP contribution in [0.4, 0.5) is 0 Å². The predicted octanol–water partition coefficient (Wildman–Crippen LogP) is 1.26. The number of hydrogen-bond donors (Lipinski definition) is 1. The van der Waals surface area contributed by atoms with Crippen LogP contribution in [0.1, 0.15) is 16.3 Å². The predicted molar refractivity (Wildman–Crippen MR) is 82.4 cm³/mol. The van der Waals surface area contributed by atoms with Gasteiger partial charge in [0.1, 0.15) is 0 Å². The van der Waals surface area contributed by atoms with Crippen molar-refractivity contribution in [3.8, 4) is 0 Å². The molecule has 0 aliphatic carbocycles. The summed E-state index contributed by atoms with van der Waals surface area (Å²) in [4.78, 5) is 32.9. The summed E-state index contributed by atoms with van der Waals surface area (Å²) in [6.45, 7) is 0.280. The normalized spacial score (nSPS) is 10.6. The van der Waals surface area contributed by atoms with Gasteiger partial charge in [0.25, 0.3) is 11.5 Å². The molecule has 1 amide bonds. The maximum Gasteiger partial charge on any atom is 0.287 e. The minimum Gasteiger partial charge on any atom is -0.344 e. The van der Waals surface area contributed by atoms with E-state index in [0.717, 1.165) is 5.69 Å². The van der Waals surface area contributed by atoms with E-state index >= 15 is 0 Å². The highest BCUT2D eigenvalue weighted by Crippen LogP contribution is 2.07. The summed E-state index contributed by atoms with van der Waals surface area (Å²) in [6, 6.07) is 12.4. The zero-order valence-corrected chi connectivity index (χ0v) is 12.0. The van der Waals surface area contributed by atoms with Crippen LogP contribution >= 0.6 is 0 Å². The number of aromatic nitrogens is 3. The summed E-state index contributed by atoms with van der Waals surface area (Å²) >= 11 is 0. The number of para-hydroxylation sites is 1. The highest BCUT2D eigenvalue weighted by Gasteiger charge is 2.14. The van der Waals surface area contributed by atoms with Crippen LogP contribution in [0.15, 0.2) is 53.5 Å². The van der Waals surface area contributed by atoms with Crippen LogP contribution < -0.4 is 10.9 Å². The number of benzene rings is 1.